The molecule has 2 amide bonds. The molecule has 0 radical (unpaired) electrons. The molecule has 3 fully saturated rings. The highest BCUT2D eigenvalue weighted by atomic mass is 16.7. The van der Waals surface area contributed by atoms with E-state index in [0.717, 1.165) is 30.8 Å². The van der Waals surface area contributed by atoms with Gasteiger partial charge in [0.2, 0.25) is 0 Å². The predicted molar refractivity (Wildman–Crippen MR) is 124 cm³/mol. The summed E-state index contributed by atoms with van der Waals surface area (Å²) in [5.74, 6) is 0.268. The molecule has 3 aliphatic rings. The van der Waals surface area contributed by atoms with Crippen molar-refractivity contribution in [1.29, 1.82) is 0 Å². The number of benzene rings is 2. The quantitative estimate of drug-likeness (QED) is 0.525. The van der Waals surface area contributed by atoms with Gasteiger partial charge in [0, 0.05) is 13.5 Å². The van der Waals surface area contributed by atoms with Crippen LogP contribution in [0.4, 0.5) is 5.69 Å². The van der Waals surface area contributed by atoms with Crippen LogP contribution in [0.3, 0.4) is 0 Å². The standard InChI is InChI=1S/C26H30N2O6/c1-17-6-10-19(11-7-17)31-14-4-3-5-15-32-20-12-8-18(9-13-20)28-26(30)24-21-16-22(34-28)23(24)25(29)27(2)33-21/h6-13,21-24H,3-5,14-16H2,1-2H3. The minimum Gasteiger partial charge on any atom is -0.494 e. The third-order valence-electron chi connectivity index (χ3n) is 6.69. The largest absolute Gasteiger partial charge is 0.494 e. The summed E-state index contributed by atoms with van der Waals surface area (Å²) in [5, 5.41) is 2.55. The molecule has 2 aromatic carbocycles. The number of hydroxylamine groups is 3. The number of amides is 2. The Balaban J connectivity index is 1.06. The van der Waals surface area contributed by atoms with Gasteiger partial charge in [0.1, 0.15) is 23.7 Å². The Morgan fingerprint density at radius 1 is 0.794 bits per heavy atom. The summed E-state index contributed by atoms with van der Waals surface area (Å²) in [5.41, 5.74) is 1.85. The first kappa shape index (κ1) is 22.7. The van der Waals surface area contributed by atoms with Gasteiger partial charge in [0.15, 0.2) is 0 Å². The molecule has 180 valence electrons. The molecule has 0 aromatic heterocycles. The van der Waals surface area contributed by atoms with Crippen LogP contribution in [0.2, 0.25) is 0 Å². The van der Waals surface area contributed by atoms with Gasteiger partial charge in [-0.15, -0.1) is 0 Å². The van der Waals surface area contributed by atoms with Crippen LogP contribution in [0.15, 0.2) is 48.5 Å². The van der Waals surface area contributed by atoms with Crippen molar-refractivity contribution in [3.8, 4) is 11.5 Å². The fourth-order valence-electron chi connectivity index (χ4n) is 4.88. The van der Waals surface area contributed by atoms with Gasteiger partial charge in [0.25, 0.3) is 11.8 Å². The van der Waals surface area contributed by atoms with Crippen molar-refractivity contribution in [1.82, 2.24) is 5.06 Å². The maximum atomic E-state index is 13.0. The zero-order valence-corrected chi connectivity index (χ0v) is 19.5. The number of aryl methyl sites for hydroxylation is 1. The summed E-state index contributed by atoms with van der Waals surface area (Å²) in [7, 11) is 1.59. The lowest BCUT2D eigenvalue weighted by Gasteiger charge is -2.40. The second-order valence-corrected chi connectivity index (χ2v) is 9.11. The van der Waals surface area contributed by atoms with Crippen molar-refractivity contribution >= 4 is 17.5 Å². The molecule has 2 saturated heterocycles. The number of ether oxygens (including phenoxy) is 2. The third kappa shape index (κ3) is 4.48. The smallest absolute Gasteiger partial charge is 0.257 e. The fourth-order valence-corrected chi connectivity index (χ4v) is 4.88. The van der Waals surface area contributed by atoms with E-state index in [2.05, 4.69) is 6.92 Å². The van der Waals surface area contributed by atoms with Crippen LogP contribution in [-0.4, -0.2) is 49.3 Å². The average Bonchev–Trinajstić information content (AvgIpc) is 3.05. The van der Waals surface area contributed by atoms with E-state index in [0.29, 0.717) is 25.3 Å². The van der Waals surface area contributed by atoms with E-state index in [1.54, 1.807) is 19.2 Å². The van der Waals surface area contributed by atoms with Crippen molar-refractivity contribution in [2.75, 3.05) is 25.3 Å². The molecule has 5 rings (SSSR count). The molecular formula is C26H30N2O6. The second kappa shape index (κ2) is 9.64. The second-order valence-electron chi connectivity index (χ2n) is 9.11. The maximum absolute atomic E-state index is 13.0. The number of carbonyl (C=O) groups is 2. The van der Waals surface area contributed by atoms with Crippen LogP contribution in [0.5, 0.6) is 11.5 Å². The molecule has 2 aromatic rings. The lowest BCUT2D eigenvalue weighted by atomic mass is 9.89. The molecule has 8 heteroatoms. The van der Waals surface area contributed by atoms with Crippen LogP contribution >= 0.6 is 0 Å². The van der Waals surface area contributed by atoms with Gasteiger partial charge >= 0.3 is 0 Å². The van der Waals surface area contributed by atoms with Gasteiger partial charge < -0.3 is 9.47 Å². The van der Waals surface area contributed by atoms with E-state index in [1.807, 2.05) is 36.4 Å². The number of anilines is 1. The Hall–Kier alpha value is -3.10. The normalized spacial score (nSPS) is 25.6. The van der Waals surface area contributed by atoms with Gasteiger partial charge in [-0.05, 0) is 62.6 Å². The molecule has 34 heavy (non-hydrogen) atoms. The molecule has 1 saturated carbocycles. The molecule has 1 aliphatic carbocycles. The van der Waals surface area contributed by atoms with E-state index >= 15 is 0 Å². The van der Waals surface area contributed by atoms with Crippen LogP contribution in [0, 0.1) is 18.8 Å². The van der Waals surface area contributed by atoms with Crippen molar-refractivity contribution in [3.63, 3.8) is 0 Å². The molecule has 0 spiro atoms. The Morgan fingerprint density at radius 2 is 1.35 bits per heavy atom. The molecule has 8 nitrogen and oxygen atoms in total. The minimum atomic E-state index is -0.492. The summed E-state index contributed by atoms with van der Waals surface area (Å²) < 4.78 is 11.6. The first-order valence-electron chi connectivity index (χ1n) is 11.9. The Kier molecular flexibility index (Phi) is 6.43. The van der Waals surface area contributed by atoms with Crippen molar-refractivity contribution in [2.24, 2.45) is 11.8 Å². The SMILES string of the molecule is Cc1ccc(OCCCCCOc2ccc(N3OC4CC5ON(C)C(=O)C4C5C3=O)cc2)cc1. The first-order chi connectivity index (χ1) is 16.5. The summed E-state index contributed by atoms with van der Waals surface area (Å²) in [6.07, 6.45) is 2.78. The van der Waals surface area contributed by atoms with E-state index < -0.39 is 11.8 Å². The highest BCUT2D eigenvalue weighted by molar-refractivity contribution is 5.99. The Morgan fingerprint density at radius 3 is 2.00 bits per heavy atom. The van der Waals surface area contributed by atoms with Gasteiger partial charge in [0.05, 0.1) is 30.7 Å². The number of rotatable bonds is 9. The fraction of sp³-hybridized carbons (Fsp3) is 0.462. The molecule has 0 N–H and O–H groups in total. The highest BCUT2D eigenvalue weighted by Crippen LogP contribution is 2.47. The Labute approximate surface area is 199 Å². The van der Waals surface area contributed by atoms with Gasteiger partial charge in [-0.25, -0.2) is 5.06 Å². The minimum absolute atomic E-state index is 0.192. The lowest BCUT2D eigenvalue weighted by Crippen LogP contribution is -2.57. The molecule has 4 bridgehead atoms. The zero-order valence-electron chi connectivity index (χ0n) is 19.5. The van der Waals surface area contributed by atoms with Crippen molar-refractivity contribution in [3.05, 3.63) is 54.1 Å². The average molecular weight is 467 g/mol. The number of hydrogen-bond acceptors (Lipinski definition) is 6. The van der Waals surface area contributed by atoms with E-state index in [9.17, 15) is 9.59 Å². The number of hydrogen-bond donors (Lipinski definition) is 0. The maximum Gasteiger partial charge on any atom is 0.257 e. The topological polar surface area (TPSA) is 77.5 Å². The monoisotopic (exact) mass is 466 g/mol. The van der Waals surface area contributed by atoms with Gasteiger partial charge in [-0.2, -0.15) is 5.06 Å². The van der Waals surface area contributed by atoms with Crippen LogP contribution in [-0.2, 0) is 19.3 Å². The number of nitrogens with zero attached hydrogens (tertiary/aromatic N) is 2. The van der Waals surface area contributed by atoms with Crippen LogP contribution < -0.4 is 14.5 Å². The summed E-state index contributed by atoms with van der Waals surface area (Å²) in [6, 6.07) is 15.4. The zero-order chi connectivity index (χ0) is 23.7. The lowest BCUT2D eigenvalue weighted by molar-refractivity contribution is -0.226. The first-order valence-corrected chi connectivity index (χ1v) is 11.9. The van der Waals surface area contributed by atoms with Gasteiger partial charge in [-0.3, -0.25) is 19.3 Å². The Bertz CT molecular complexity index is 1020. The van der Waals surface area contributed by atoms with E-state index in [1.165, 1.54) is 15.7 Å². The molecule has 4 atom stereocenters. The highest BCUT2D eigenvalue weighted by Gasteiger charge is 2.62. The van der Waals surface area contributed by atoms with E-state index in [4.69, 9.17) is 19.1 Å². The molecule has 4 unspecified atom stereocenters. The van der Waals surface area contributed by atoms with Gasteiger partial charge in [-0.1, -0.05) is 17.7 Å². The predicted octanol–water partition coefficient (Wildman–Crippen LogP) is 3.68. The van der Waals surface area contributed by atoms with Crippen LogP contribution in [0.25, 0.3) is 0 Å². The summed E-state index contributed by atoms with van der Waals surface area (Å²) in [4.78, 5) is 37.0. The number of unbranched alkanes of at least 4 members (excludes halogenated alkanes) is 2. The molecule has 2 heterocycles. The van der Waals surface area contributed by atoms with E-state index in [-0.39, 0.29) is 24.0 Å². The molecular weight excluding hydrogens is 436 g/mol. The summed E-state index contributed by atoms with van der Waals surface area (Å²) >= 11 is 0. The number of carbonyl (C=O) groups excluding carboxylic acids is 2. The third-order valence-corrected chi connectivity index (χ3v) is 6.69. The summed E-state index contributed by atoms with van der Waals surface area (Å²) in [6.45, 7) is 3.37. The van der Waals surface area contributed by atoms with Crippen LogP contribution in [0.1, 0.15) is 31.2 Å². The van der Waals surface area contributed by atoms with Crippen molar-refractivity contribution < 1.29 is 28.7 Å². The molecule has 2 aliphatic heterocycles. The van der Waals surface area contributed by atoms with Crippen molar-refractivity contribution in [2.45, 2.75) is 44.8 Å².